The molecular formula is C17H31N3O2. The Labute approximate surface area is 134 Å². The van der Waals surface area contributed by atoms with Gasteiger partial charge in [0.1, 0.15) is 5.54 Å². The van der Waals surface area contributed by atoms with Crippen molar-refractivity contribution in [1.29, 1.82) is 0 Å². The third-order valence-electron chi connectivity index (χ3n) is 5.83. The molecule has 126 valence electrons. The van der Waals surface area contributed by atoms with Crippen molar-refractivity contribution in [1.82, 2.24) is 15.1 Å². The minimum atomic E-state index is -0.291. The Morgan fingerprint density at radius 2 is 1.95 bits per heavy atom. The van der Waals surface area contributed by atoms with Gasteiger partial charge in [-0.15, -0.1) is 0 Å². The summed E-state index contributed by atoms with van der Waals surface area (Å²) in [5.74, 6) is 0.791. The van der Waals surface area contributed by atoms with Crippen LogP contribution in [0.1, 0.15) is 52.4 Å². The van der Waals surface area contributed by atoms with Gasteiger partial charge < -0.3 is 10.4 Å². The van der Waals surface area contributed by atoms with E-state index in [0.29, 0.717) is 18.6 Å². The fourth-order valence-corrected chi connectivity index (χ4v) is 4.59. The van der Waals surface area contributed by atoms with Crippen LogP contribution in [0.3, 0.4) is 0 Å². The van der Waals surface area contributed by atoms with E-state index < -0.39 is 0 Å². The molecule has 5 nitrogen and oxygen atoms in total. The maximum absolute atomic E-state index is 12.5. The van der Waals surface area contributed by atoms with Gasteiger partial charge in [-0.3, -0.25) is 14.6 Å². The van der Waals surface area contributed by atoms with Crippen molar-refractivity contribution in [3.8, 4) is 0 Å². The fraction of sp³-hybridized carbons (Fsp3) is 0.941. The normalized spacial score (nSPS) is 33.5. The number of hydrogen-bond acceptors (Lipinski definition) is 4. The summed E-state index contributed by atoms with van der Waals surface area (Å²) in [6.45, 7) is 7.97. The van der Waals surface area contributed by atoms with E-state index in [2.05, 4.69) is 29.0 Å². The number of aliphatic hydroxyl groups is 1. The number of nitrogens with zero attached hydrogens (tertiary/aromatic N) is 2. The van der Waals surface area contributed by atoms with E-state index in [1.165, 1.54) is 6.42 Å². The summed E-state index contributed by atoms with van der Waals surface area (Å²) in [6.07, 6.45) is 6.04. The second-order valence-corrected chi connectivity index (χ2v) is 7.77. The van der Waals surface area contributed by atoms with E-state index in [9.17, 15) is 9.90 Å². The zero-order valence-corrected chi connectivity index (χ0v) is 14.1. The number of nitrogens with one attached hydrogen (secondary N) is 1. The molecule has 2 atom stereocenters. The highest BCUT2D eigenvalue weighted by atomic mass is 16.3. The van der Waals surface area contributed by atoms with E-state index in [0.717, 1.165) is 51.7 Å². The molecule has 1 saturated carbocycles. The third kappa shape index (κ3) is 2.91. The van der Waals surface area contributed by atoms with Gasteiger partial charge in [0.15, 0.2) is 0 Å². The van der Waals surface area contributed by atoms with Crippen molar-refractivity contribution in [2.45, 2.75) is 70.1 Å². The Hall–Kier alpha value is -0.650. The molecule has 1 aliphatic carbocycles. The van der Waals surface area contributed by atoms with Gasteiger partial charge in [-0.2, -0.15) is 0 Å². The summed E-state index contributed by atoms with van der Waals surface area (Å²) in [6, 6.07) is 0.314. The summed E-state index contributed by atoms with van der Waals surface area (Å²) >= 11 is 0. The molecule has 0 bridgehead atoms. The topological polar surface area (TPSA) is 55.8 Å². The van der Waals surface area contributed by atoms with Crippen molar-refractivity contribution in [3.63, 3.8) is 0 Å². The van der Waals surface area contributed by atoms with Crippen LogP contribution in [0.2, 0.25) is 0 Å². The average molecular weight is 309 g/mol. The van der Waals surface area contributed by atoms with E-state index in [-0.39, 0.29) is 17.6 Å². The second kappa shape index (κ2) is 6.46. The summed E-state index contributed by atoms with van der Waals surface area (Å²) < 4.78 is 0. The van der Waals surface area contributed by atoms with Crippen molar-refractivity contribution in [2.75, 3.05) is 26.3 Å². The molecule has 5 heteroatoms. The summed E-state index contributed by atoms with van der Waals surface area (Å²) in [5.41, 5.74) is -0.291. The zero-order chi connectivity index (χ0) is 15.7. The Balaban J connectivity index is 1.65. The third-order valence-corrected chi connectivity index (χ3v) is 5.83. The van der Waals surface area contributed by atoms with Gasteiger partial charge in [0.05, 0.1) is 12.8 Å². The molecule has 2 aliphatic heterocycles. The Kier molecular flexibility index (Phi) is 4.76. The summed E-state index contributed by atoms with van der Waals surface area (Å²) in [4.78, 5) is 17.3. The van der Waals surface area contributed by atoms with Crippen LogP contribution in [-0.2, 0) is 4.79 Å². The van der Waals surface area contributed by atoms with Gasteiger partial charge in [-0.05, 0) is 31.6 Å². The molecule has 1 amide bonds. The Morgan fingerprint density at radius 1 is 1.27 bits per heavy atom. The van der Waals surface area contributed by atoms with Crippen molar-refractivity contribution in [2.24, 2.45) is 5.92 Å². The molecule has 0 aromatic carbocycles. The molecule has 2 saturated heterocycles. The molecule has 2 heterocycles. The Bertz CT molecular complexity index is 405. The highest BCUT2D eigenvalue weighted by molar-refractivity contribution is 5.88. The molecule has 22 heavy (non-hydrogen) atoms. The predicted octanol–water partition coefficient (Wildman–Crippen LogP) is 1.17. The van der Waals surface area contributed by atoms with Crippen LogP contribution in [-0.4, -0.2) is 64.8 Å². The molecule has 1 unspecified atom stereocenters. The molecule has 0 aromatic heterocycles. The monoisotopic (exact) mass is 309 g/mol. The van der Waals surface area contributed by atoms with E-state index in [4.69, 9.17) is 0 Å². The highest BCUT2D eigenvalue weighted by Crippen LogP contribution is 2.35. The first-order chi connectivity index (χ1) is 10.5. The van der Waals surface area contributed by atoms with Crippen LogP contribution in [0.5, 0.6) is 0 Å². The van der Waals surface area contributed by atoms with Crippen molar-refractivity contribution < 1.29 is 9.90 Å². The number of hydrogen-bond donors (Lipinski definition) is 2. The summed E-state index contributed by atoms with van der Waals surface area (Å²) in [5, 5.41) is 13.3. The SMILES string of the molecule is CC(C)CN1CNC(=O)C12CCN([C@@H]1CCCCC1O)CC2. The highest BCUT2D eigenvalue weighted by Gasteiger charge is 2.50. The van der Waals surface area contributed by atoms with Crippen LogP contribution in [0.15, 0.2) is 0 Å². The molecule has 2 N–H and O–H groups in total. The standard InChI is InChI=1S/C17H31N3O2/c1-13(2)11-20-12-18-16(22)17(20)7-9-19(10-8-17)14-5-3-4-6-15(14)21/h13-15,21H,3-12H2,1-2H3,(H,18,22)/t14-,15?/m1/s1. The lowest BCUT2D eigenvalue weighted by atomic mass is 9.83. The first-order valence-corrected chi connectivity index (χ1v) is 8.98. The van der Waals surface area contributed by atoms with Crippen molar-refractivity contribution >= 4 is 5.91 Å². The molecule has 3 aliphatic rings. The first kappa shape index (κ1) is 16.2. The minimum absolute atomic E-state index is 0.174. The number of carbonyl (C=O) groups is 1. The van der Waals surface area contributed by atoms with Crippen molar-refractivity contribution in [3.05, 3.63) is 0 Å². The predicted molar refractivity (Wildman–Crippen MR) is 86.4 cm³/mol. The lowest BCUT2D eigenvalue weighted by Gasteiger charge is -2.47. The van der Waals surface area contributed by atoms with Crippen LogP contribution < -0.4 is 5.32 Å². The first-order valence-electron chi connectivity index (χ1n) is 8.98. The minimum Gasteiger partial charge on any atom is -0.391 e. The van der Waals surface area contributed by atoms with Gasteiger partial charge >= 0.3 is 0 Å². The van der Waals surface area contributed by atoms with Gasteiger partial charge in [0, 0.05) is 25.7 Å². The second-order valence-electron chi connectivity index (χ2n) is 7.77. The molecule has 0 aromatic rings. The maximum Gasteiger partial charge on any atom is 0.241 e. The molecule has 3 rings (SSSR count). The summed E-state index contributed by atoms with van der Waals surface area (Å²) in [7, 11) is 0. The maximum atomic E-state index is 12.5. The van der Waals surface area contributed by atoms with Crippen LogP contribution >= 0.6 is 0 Å². The van der Waals surface area contributed by atoms with Gasteiger partial charge in [0.25, 0.3) is 0 Å². The van der Waals surface area contributed by atoms with Crippen LogP contribution in [0, 0.1) is 5.92 Å². The van der Waals surface area contributed by atoms with Gasteiger partial charge in [0.2, 0.25) is 5.91 Å². The fourth-order valence-electron chi connectivity index (χ4n) is 4.59. The lowest BCUT2D eigenvalue weighted by molar-refractivity contribution is -0.130. The number of amides is 1. The largest absolute Gasteiger partial charge is 0.391 e. The molecule has 1 spiro atoms. The molecule has 3 fully saturated rings. The van der Waals surface area contributed by atoms with Gasteiger partial charge in [-0.25, -0.2) is 0 Å². The van der Waals surface area contributed by atoms with E-state index in [1.54, 1.807) is 0 Å². The number of piperidine rings is 1. The van der Waals surface area contributed by atoms with E-state index in [1.807, 2.05) is 0 Å². The number of likely N-dealkylation sites (tertiary alicyclic amines) is 1. The lowest BCUT2D eigenvalue weighted by Crippen LogP contribution is -2.59. The molecular weight excluding hydrogens is 278 g/mol. The zero-order valence-electron chi connectivity index (χ0n) is 14.1. The van der Waals surface area contributed by atoms with E-state index >= 15 is 0 Å². The number of carbonyl (C=O) groups excluding carboxylic acids is 1. The number of rotatable bonds is 3. The quantitative estimate of drug-likeness (QED) is 0.822. The Morgan fingerprint density at radius 3 is 2.59 bits per heavy atom. The smallest absolute Gasteiger partial charge is 0.241 e. The average Bonchev–Trinajstić information content (AvgIpc) is 2.78. The van der Waals surface area contributed by atoms with Gasteiger partial charge in [-0.1, -0.05) is 26.7 Å². The number of aliphatic hydroxyl groups excluding tert-OH is 1. The molecule has 0 radical (unpaired) electrons. The van der Waals surface area contributed by atoms with Crippen LogP contribution in [0.25, 0.3) is 0 Å². The van der Waals surface area contributed by atoms with Crippen LogP contribution in [0.4, 0.5) is 0 Å².